The molecule has 1 aliphatic carbocycles. The van der Waals surface area contributed by atoms with Gasteiger partial charge < -0.3 is 10.6 Å². The van der Waals surface area contributed by atoms with Crippen molar-refractivity contribution in [2.24, 2.45) is 16.8 Å². The van der Waals surface area contributed by atoms with E-state index in [1.165, 1.54) is 30.9 Å². The Balaban J connectivity index is 1.26. The summed E-state index contributed by atoms with van der Waals surface area (Å²) in [4.78, 5) is 29.1. The molecule has 2 atom stereocenters. The van der Waals surface area contributed by atoms with E-state index in [1.54, 1.807) is 0 Å². The molecule has 4 rings (SSSR count). The second-order valence-corrected chi connectivity index (χ2v) is 11.0. The van der Waals surface area contributed by atoms with E-state index in [0.29, 0.717) is 5.92 Å². The zero-order valence-corrected chi connectivity index (χ0v) is 20.4. The van der Waals surface area contributed by atoms with E-state index in [-0.39, 0.29) is 11.8 Å². The summed E-state index contributed by atoms with van der Waals surface area (Å²) < 4.78 is 2.40. The van der Waals surface area contributed by atoms with Crippen LogP contribution in [0.2, 0.25) is 0 Å². The number of aryl methyl sites for hydroxylation is 2. The van der Waals surface area contributed by atoms with Crippen LogP contribution in [-0.2, 0) is 16.0 Å². The fraction of sp³-hybridized carbons (Fsp3) is 0.640. The van der Waals surface area contributed by atoms with E-state index in [9.17, 15) is 9.59 Å². The van der Waals surface area contributed by atoms with Crippen molar-refractivity contribution in [2.45, 2.75) is 71.3 Å². The first-order valence-electron chi connectivity index (χ1n) is 12.0. The summed E-state index contributed by atoms with van der Waals surface area (Å²) in [5.74, 6) is 3.24. The minimum Gasteiger partial charge on any atom is -0.326 e. The van der Waals surface area contributed by atoms with Crippen molar-refractivity contribution in [3.8, 4) is 0 Å². The zero-order chi connectivity index (χ0) is 22.7. The molecular formula is C25H36N4O2S. The number of aliphatic imine (C=N–C) groups is 1. The second-order valence-electron chi connectivity index (χ2n) is 9.79. The Labute approximate surface area is 196 Å². The fourth-order valence-electron chi connectivity index (χ4n) is 5.28. The molecule has 0 unspecified atom stereocenters. The van der Waals surface area contributed by atoms with Crippen molar-refractivity contribution in [2.75, 3.05) is 24.2 Å². The minimum absolute atomic E-state index is 0.0451. The van der Waals surface area contributed by atoms with E-state index in [2.05, 4.69) is 34.9 Å². The number of hydrogen-bond donors (Lipinski definition) is 2. The van der Waals surface area contributed by atoms with Crippen molar-refractivity contribution >= 4 is 35.3 Å². The maximum Gasteiger partial charge on any atom is 0.253 e. The summed E-state index contributed by atoms with van der Waals surface area (Å²) >= 11 is 1.87. The molecule has 1 aromatic carbocycles. The molecule has 2 fully saturated rings. The molecule has 174 valence electrons. The molecule has 2 amide bonds. The van der Waals surface area contributed by atoms with E-state index >= 15 is 0 Å². The molecule has 3 aliphatic rings. The van der Waals surface area contributed by atoms with Crippen molar-refractivity contribution in [3.63, 3.8) is 0 Å². The fourth-order valence-corrected chi connectivity index (χ4v) is 6.29. The van der Waals surface area contributed by atoms with Gasteiger partial charge in [-0.25, -0.2) is 0 Å². The highest BCUT2D eigenvalue weighted by molar-refractivity contribution is 7.97. The Kier molecular flexibility index (Phi) is 7.25. The highest BCUT2D eigenvalue weighted by Crippen LogP contribution is 2.36. The van der Waals surface area contributed by atoms with Gasteiger partial charge in [0.05, 0.1) is 0 Å². The number of nitrogens with one attached hydrogen (secondary N) is 2. The zero-order valence-electron chi connectivity index (χ0n) is 19.6. The molecule has 0 bridgehead atoms. The monoisotopic (exact) mass is 456 g/mol. The molecule has 1 aromatic rings. The van der Waals surface area contributed by atoms with Crippen LogP contribution in [0.3, 0.4) is 0 Å². The van der Waals surface area contributed by atoms with Crippen LogP contribution in [0.4, 0.5) is 5.69 Å². The lowest BCUT2D eigenvalue weighted by atomic mass is 9.82. The van der Waals surface area contributed by atoms with Gasteiger partial charge in [-0.15, -0.1) is 0 Å². The van der Waals surface area contributed by atoms with Gasteiger partial charge in [-0.05, 0) is 68.2 Å². The van der Waals surface area contributed by atoms with Crippen molar-refractivity contribution in [1.29, 1.82) is 0 Å². The van der Waals surface area contributed by atoms with Gasteiger partial charge in [0.15, 0.2) is 0 Å². The SMILES string of the molecule is CC(=O)Nc1ccc(CCSN2CCC3(CC2)N=C([C@H]2CCC[C@@H](C)C2)NC3=O)c(C)c1. The Morgan fingerprint density at radius 1 is 1.31 bits per heavy atom. The highest BCUT2D eigenvalue weighted by Gasteiger charge is 2.47. The first-order chi connectivity index (χ1) is 15.3. The Bertz CT molecular complexity index is 892. The van der Waals surface area contributed by atoms with Gasteiger partial charge in [0.25, 0.3) is 5.91 Å². The van der Waals surface area contributed by atoms with Gasteiger partial charge in [0.1, 0.15) is 11.4 Å². The van der Waals surface area contributed by atoms with Crippen molar-refractivity contribution in [1.82, 2.24) is 9.62 Å². The molecule has 1 spiro atoms. The Morgan fingerprint density at radius 2 is 2.09 bits per heavy atom. The summed E-state index contributed by atoms with van der Waals surface area (Å²) in [7, 11) is 0. The molecular weight excluding hydrogens is 420 g/mol. The van der Waals surface area contributed by atoms with Gasteiger partial charge in [-0.1, -0.05) is 37.8 Å². The van der Waals surface area contributed by atoms with Crippen LogP contribution >= 0.6 is 11.9 Å². The van der Waals surface area contributed by atoms with E-state index in [1.807, 2.05) is 24.1 Å². The number of amides is 2. The lowest BCUT2D eigenvalue weighted by molar-refractivity contribution is -0.125. The van der Waals surface area contributed by atoms with Crippen molar-refractivity contribution in [3.05, 3.63) is 29.3 Å². The molecule has 7 heteroatoms. The maximum atomic E-state index is 12.8. The van der Waals surface area contributed by atoms with Gasteiger partial charge in [0, 0.05) is 37.4 Å². The third-order valence-electron chi connectivity index (χ3n) is 7.18. The largest absolute Gasteiger partial charge is 0.326 e. The smallest absolute Gasteiger partial charge is 0.253 e. The van der Waals surface area contributed by atoms with Crippen molar-refractivity contribution < 1.29 is 9.59 Å². The second kappa shape index (κ2) is 9.96. The van der Waals surface area contributed by atoms with Crippen LogP contribution in [0, 0.1) is 18.8 Å². The number of carbonyl (C=O) groups excluding carboxylic acids is 2. The third-order valence-corrected chi connectivity index (χ3v) is 8.30. The number of piperidine rings is 1. The predicted octanol–water partition coefficient (Wildman–Crippen LogP) is 4.33. The number of hydrogen-bond acceptors (Lipinski definition) is 5. The predicted molar refractivity (Wildman–Crippen MR) is 132 cm³/mol. The molecule has 6 nitrogen and oxygen atoms in total. The lowest BCUT2D eigenvalue weighted by Gasteiger charge is -2.34. The minimum atomic E-state index is -0.525. The molecule has 2 aliphatic heterocycles. The normalized spacial score (nSPS) is 25.5. The first kappa shape index (κ1) is 23.3. The van der Waals surface area contributed by atoms with Crippen LogP contribution in [0.15, 0.2) is 23.2 Å². The topological polar surface area (TPSA) is 73.8 Å². The quantitative estimate of drug-likeness (QED) is 0.625. The third kappa shape index (κ3) is 5.37. The maximum absolute atomic E-state index is 12.8. The number of amidine groups is 1. The summed E-state index contributed by atoms with van der Waals surface area (Å²) in [5, 5.41) is 6.00. The number of nitrogens with zero attached hydrogens (tertiary/aromatic N) is 2. The molecule has 2 heterocycles. The van der Waals surface area contributed by atoms with Gasteiger partial charge in [-0.3, -0.25) is 18.9 Å². The molecule has 1 saturated carbocycles. The molecule has 2 N–H and O–H groups in total. The number of benzene rings is 1. The van der Waals surface area contributed by atoms with Gasteiger partial charge in [0.2, 0.25) is 5.91 Å². The lowest BCUT2D eigenvalue weighted by Crippen LogP contribution is -2.47. The average Bonchev–Trinajstić information content (AvgIpc) is 3.07. The molecule has 32 heavy (non-hydrogen) atoms. The van der Waals surface area contributed by atoms with Crippen LogP contribution in [0.1, 0.15) is 63.5 Å². The average molecular weight is 457 g/mol. The first-order valence-corrected chi connectivity index (χ1v) is 12.9. The van der Waals surface area contributed by atoms with Crippen LogP contribution in [0.25, 0.3) is 0 Å². The standard InChI is InChI=1S/C25H36N4O2S/c1-17-5-4-6-21(15-17)23-27-24(31)25(28-23)10-12-29(13-11-25)32-14-9-20-7-8-22(16-18(20)2)26-19(3)30/h7-8,16-17,21H,4-6,9-15H2,1-3H3,(H,26,30)(H,27,28,31)/t17-,21+/m1/s1. The van der Waals surface area contributed by atoms with E-state index in [4.69, 9.17) is 4.99 Å². The summed E-state index contributed by atoms with van der Waals surface area (Å²) in [6, 6.07) is 6.12. The summed E-state index contributed by atoms with van der Waals surface area (Å²) in [6.07, 6.45) is 7.46. The number of carbonyl (C=O) groups is 2. The van der Waals surface area contributed by atoms with E-state index in [0.717, 1.165) is 68.4 Å². The summed E-state index contributed by atoms with van der Waals surface area (Å²) in [6.45, 7) is 7.73. The number of rotatable bonds is 6. The molecule has 0 aromatic heterocycles. The number of anilines is 1. The van der Waals surface area contributed by atoms with Gasteiger partial charge in [-0.2, -0.15) is 0 Å². The Hall–Kier alpha value is -1.86. The molecule has 0 radical (unpaired) electrons. The van der Waals surface area contributed by atoms with Crippen LogP contribution < -0.4 is 10.6 Å². The Morgan fingerprint density at radius 3 is 2.78 bits per heavy atom. The van der Waals surface area contributed by atoms with Crippen LogP contribution in [0.5, 0.6) is 0 Å². The molecule has 1 saturated heterocycles. The summed E-state index contributed by atoms with van der Waals surface area (Å²) in [5.41, 5.74) is 2.84. The highest BCUT2D eigenvalue weighted by atomic mass is 32.2. The van der Waals surface area contributed by atoms with Gasteiger partial charge >= 0.3 is 0 Å². The van der Waals surface area contributed by atoms with Crippen LogP contribution in [-0.4, -0.2) is 46.3 Å². The van der Waals surface area contributed by atoms with E-state index < -0.39 is 5.54 Å².